The van der Waals surface area contributed by atoms with Crippen LogP contribution in [0.5, 0.6) is 5.75 Å². The number of para-hydroxylation sites is 3. The van der Waals surface area contributed by atoms with Gasteiger partial charge >= 0.3 is 11.7 Å². The Morgan fingerprint density at radius 2 is 1.89 bits per heavy atom. The predicted octanol–water partition coefficient (Wildman–Crippen LogP) is 3.83. The van der Waals surface area contributed by atoms with Gasteiger partial charge in [0.1, 0.15) is 5.56 Å². The van der Waals surface area contributed by atoms with Crippen molar-refractivity contribution in [1.82, 2.24) is 14.8 Å². The quantitative estimate of drug-likeness (QED) is 0.230. The maximum absolute atomic E-state index is 12.7. The van der Waals surface area contributed by atoms with Crippen molar-refractivity contribution < 1.29 is 24.0 Å². The minimum atomic E-state index is -0.675. The Morgan fingerprint density at radius 3 is 2.66 bits per heavy atom. The molecule has 0 fully saturated rings. The Balaban J connectivity index is 1.66. The van der Waals surface area contributed by atoms with Gasteiger partial charge in [0.05, 0.1) is 23.2 Å². The molecule has 2 aromatic carbocycles. The van der Waals surface area contributed by atoms with Crippen molar-refractivity contribution in [3.05, 3.63) is 82.0 Å². The minimum absolute atomic E-state index is 0.0264. The standard InChI is InChI=1S/C24H21N5O6/c1-3-34-24(31)17-13-25-28(21-12-15(2)16-8-4-5-9-18(16)26-21)23(17)27-22(30)14-35-20-11-7-6-10-19(20)29(32)33/h4-13H,3,14H2,1-2H3,(H,27,30). The molecule has 4 aromatic rings. The molecule has 0 aliphatic heterocycles. The van der Waals surface area contributed by atoms with Crippen LogP contribution < -0.4 is 10.1 Å². The molecule has 0 aliphatic rings. The van der Waals surface area contributed by atoms with Crippen LogP contribution in [0, 0.1) is 17.0 Å². The van der Waals surface area contributed by atoms with E-state index in [0.717, 1.165) is 10.9 Å². The lowest BCUT2D eigenvalue weighted by molar-refractivity contribution is -0.385. The van der Waals surface area contributed by atoms with E-state index in [9.17, 15) is 19.7 Å². The number of carbonyl (C=O) groups excluding carboxylic acids is 2. The number of carbonyl (C=O) groups is 2. The molecule has 0 saturated carbocycles. The third-order valence-electron chi connectivity index (χ3n) is 5.07. The van der Waals surface area contributed by atoms with E-state index in [1.165, 1.54) is 29.1 Å². The summed E-state index contributed by atoms with van der Waals surface area (Å²) in [6, 6.07) is 15.0. The molecule has 0 bridgehead atoms. The zero-order chi connectivity index (χ0) is 24.9. The Morgan fingerprint density at radius 1 is 1.14 bits per heavy atom. The fourth-order valence-corrected chi connectivity index (χ4v) is 3.48. The number of hydrogen-bond donors (Lipinski definition) is 1. The molecule has 0 radical (unpaired) electrons. The fraction of sp³-hybridized carbons (Fsp3) is 0.167. The summed E-state index contributed by atoms with van der Waals surface area (Å²) in [6.45, 7) is 3.17. The molecule has 0 aliphatic carbocycles. The molecule has 35 heavy (non-hydrogen) atoms. The molecular weight excluding hydrogens is 454 g/mol. The van der Waals surface area contributed by atoms with Crippen molar-refractivity contribution >= 4 is 34.3 Å². The highest BCUT2D eigenvalue weighted by molar-refractivity contribution is 6.01. The van der Waals surface area contributed by atoms with Crippen LogP contribution in [-0.4, -0.2) is 44.8 Å². The second-order valence-electron chi connectivity index (χ2n) is 7.42. The molecule has 11 heteroatoms. The summed E-state index contributed by atoms with van der Waals surface area (Å²) in [5.74, 6) is -0.966. The van der Waals surface area contributed by atoms with E-state index in [-0.39, 0.29) is 29.4 Å². The van der Waals surface area contributed by atoms with E-state index in [4.69, 9.17) is 9.47 Å². The van der Waals surface area contributed by atoms with Gasteiger partial charge in [0.25, 0.3) is 5.91 Å². The third kappa shape index (κ3) is 4.93. The van der Waals surface area contributed by atoms with Crippen LogP contribution in [0.1, 0.15) is 22.8 Å². The van der Waals surface area contributed by atoms with Gasteiger partial charge in [-0.2, -0.15) is 9.78 Å². The smallest absolute Gasteiger partial charge is 0.343 e. The van der Waals surface area contributed by atoms with Gasteiger partial charge in [-0.1, -0.05) is 30.3 Å². The first kappa shape index (κ1) is 23.4. The molecule has 1 N–H and O–H groups in total. The van der Waals surface area contributed by atoms with E-state index in [2.05, 4.69) is 15.4 Å². The van der Waals surface area contributed by atoms with E-state index in [0.29, 0.717) is 11.3 Å². The lowest BCUT2D eigenvalue weighted by atomic mass is 10.1. The van der Waals surface area contributed by atoms with Gasteiger partial charge in [0.15, 0.2) is 24.0 Å². The maximum atomic E-state index is 12.7. The second kappa shape index (κ2) is 10.00. The molecule has 0 atom stereocenters. The zero-order valence-corrected chi connectivity index (χ0v) is 18.9. The SMILES string of the molecule is CCOC(=O)c1cnn(-c2cc(C)c3ccccc3n2)c1NC(=O)COc1ccccc1[N+](=O)[O-]. The monoisotopic (exact) mass is 475 g/mol. The van der Waals surface area contributed by atoms with Crippen LogP contribution in [0.15, 0.2) is 60.8 Å². The maximum Gasteiger partial charge on any atom is 0.343 e. The normalized spacial score (nSPS) is 10.7. The van der Waals surface area contributed by atoms with Crippen molar-refractivity contribution in [1.29, 1.82) is 0 Å². The molecule has 0 saturated heterocycles. The van der Waals surface area contributed by atoms with E-state index < -0.39 is 23.4 Å². The lowest BCUT2D eigenvalue weighted by Gasteiger charge is -2.12. The highest BCUT2D eigenvalue weighted by atomic mass is 16.6. The lowest BCUT2D eigenvalue weighted by Crippen LogP contribution is -2.24. The van der Waals surface area contributed by atoms with Crippen molar-refractivity contribution in [2.45, 2.75) is 13.8 Å². The molecule has 1 amide bonds. The number of nitro benzene ring substituents is 1. The molecule has 11 nitrogen and oxygen atoms in total. The van der Waals surface area contributed by atoms with Crippen LogP contribution in [0.4, 0.5) is 11.5 Å². The Bertz CT molecular complexity index is 1430. The number of rotatable bonds is 8. The average molecular weight is 475 g/mol. The summed E-state index contributed by atoms with van der Waals surface area (Å²) < 4.78 is 11.8. The van der Waals surface area contributed by atoms with Gasteiger partial charge < -0.3 is 14.8 Å². The van der Waals surface area contributed by atoms with Crippen LogP contribution >= 0.6 is 0 Å². The van der Waals surface area contributed by atoms with E-state index in [1.54, 1.807) is 19.1 Å². The van der Waals surface area contributed by atoms with Crippen LogP contribution in [-0.2, 0) is 9.53 Å². The summed E-state index contributed by atoms with van der Waals surface area (Å²) in [5.41, 5.74) is 1.40. The van der Waals surface area contributed by atoms with Crippen molar-refractivity contribution in [3.63, 3.8) is 0 Å². The summed E-state index contributed by atoms with van der Waals surface area (Å²) in [5, 5.41) is 19.0. The number of nitrogens with zero attached hydrogens (tertiary/aromatic N) is 4. The van der Waals surface area contributed by atoms with Gasteiger partial charge in [-0.05, 0) is 37.6 Å². The molecule has 178 valence electrons. The summed E-state index contributed by atoms with van der Waals surface area (Å²) in [7, 11) is 0. The number of aromatic nitrogens is 3. The van der Waals surface area contributed by atoms with Crippen LogP contribution in [0.25, 0.3) is 16.7 Å². The first-order chi connectivity index (χ1) is 16.9. The van der Waals surface area contributed by atoms with Gasteiger partial charge in [-0.3, -0.25) is 14.9 Å². The van der Waals surface area contributed by atoms with Gasteiger partial charge in [0.2, 0.25) is 0 Å². The van der Waals surface area contributed by atoms with Crippen molar-refractivity contribution in [2.24, 2.45) is 0 Å². The van der Waals surface area contributed by atoms with Crippen LogP contribution in [0.3, 0.4) is 0 Å². The largest absolute Gasteiger partial charge is 0.477 e. The molecular formula is C24H21N5O6. The summed E-state index contributed by atoms with van der Waals surface area (Å²) in [4.78, 5) is 40.4. The Labute approximate surface area is 199 Å². The number of aryl methyl sites for hydroxylation is 1. The number of fused-ring (bicyclic) bond motifs is 1. The number of pyridine rings is 1. The first-order valence-electron chi connectivity index (χ1n) is 10.7. The highest BCUT2D eigenvalue weighted by Crippen LogP contribution is 2.27. The van der Waals surface area contributed by atoms with E-state index >= 15 is 0 Å². The van der Waals surface area contributed by atoms with Gasteiger partial charge in [0, 0.05) is 11.5 Å². The number of anilines is 1. The zero-order valence-electron chi connectivity index (χ0n) is 18.9. The Hall–Kier alpha value is -4.80. The first-order valence-corrected chi connectivity index (χ1v) is 10.7. The average Bonchev–Trinajstić information content (AvgIpc) is 3.26. The molecule has 2 heterocycles. The molecule has 2 aromatic heterocycles. The number of nitrogens with one attached hydrogen (secondary N) is 1. The highest BCUT2D eigenvalue weighted by Gasteiger charge is 2.23. The number of amides is 1. The third-order valence-corrected chi connectivity index (χ3v) is 5.07. The summed E-state index contributed by atoms with van der Waals surface area (Å²) >= 11 is 0. The Kier molecular flexibility index (Phi) is 6.67. The van der Waals surface area contributed by atoms with Crippen molar-refractivity contribution in [3.8, 4) is 11.6 Å². The predicted molar refractivity (Wildman–Crippen MR) is 127 cm³/mol. The number of hydrogen-bond acceptors (Lipinski definition) is 8. The second-order valence-corrected chi connectivity index (χ2v) is 7.42. The topological polar surface area (TPSA) is 138 Å². The van der Waals surface area contributed by atoms with Gasteiger partial charge in [-0.15, -0.1) is 0 Å². The molecule has 0 unspecified atom stereocenters. The molecule has 0 spiro atoms. The molecule has 4 rings (SSSR count). The summed E-state index contributed by atoms with van der Waals surface area (Å²) in [6.07, 6.45) is 1.28. The number of benzene rings is 2. The van der Waals surface area contributed by atoms with Crippen molar-refractivity contribution in [2.75, 3.05) is 18.5 Å². The van der Waals surface area contributed by atoms with Crippen LogP contribution in [0.2, 0.25) is 0 Å². The number of esters is 1. The number of ether oxygens (including phenoxy) is 2. The minimum Gasteiger partial charge on any atom is -0.477 e. The number of nitro groups is 1. The fourth-order valence-electron chi connectivity index (χ4n) is 3.48. The van der Waals surface area contributed by atoms with E-state index in [1.807, 2.05) is 31.2 Å². The van der Waals surface area contributed by atoms with Gasteiger partial charge in [-0.25, -0.2) is 9.78 Å².